The lowest BCUT2D eigenvalue weighted by Gasteiger charge is -2.21. The summed E-state index contributed by atoms with van der Waals surface area (Å²) in [6, 6.07) is 8.15. The molecule has 0 saturated heterocycles. The van der Waals surface area contributed by atoms with Crippen LogP contribution < -0.4 is 5.32 Å². The van der Waals surface area contributed by atoms with E-state index in [1.54, 1.807) is 6.92 Å². The lowest BCUT2D eigenvalue weighted by Crippen LogP contribution is -2.27. The number of carbonyl (C=O) groups excluding carboxylic acids is 1. The van der Waals surface area contributed by atoms with Gasteiger partial charge in [0.15, 0.2) is 0 Å². The van der Waals surface area contributed by atoms with Crippen LogP contribution in [0.3, 0.4) is 0 Å². The summed E-state index contributed by atoms with van der Waals surface area (Å²) in [4.78, 5) is 25.6. The van der Waals surface area contributed by atoms with Gasteiger partial charge >= 0.3 is 12.1 Å². The summed E-state index contributed by atoms with van der Waals surface area (Å²) in [5, 5.41) is 12.5. The molecule has 0 bridgehead atoms. The minimum Gasteiger partial charge on any atom is -0.466 e. The largest absolute Gasteiger partial charge is 0.466 e. The van der Waals surface area contributed by atoms with Crippen molar-refractivity contribution in [1.82, 2.24) is 10.3 Å². The van der Waals surface area contributed by atoms with Gasteiger partial charge in [-0.3, -0.25) is 4.79 Å². The summed E-state index contributed by atoms with van der Waals surface area (Å²) < 4.78 is 4.97. The Morgan fingerprint density at radius 1 is 1.32 bits per heavy atom. The lowest BCUT2D eigenvalue weighted by atomic mass is 9.87. The molecule has 2 unspecified atom stereocenters. The predicted molar refractivity (Wildman–Crippen MR) is 96.7 cm³/mol. The Kier molecular flexibility index (Phi) is 6.86. The van der Waals surface area contributed by atoms with Gasteiger partial charge in [-0.25, -0.2) is 4.79 Å². The van der Waals surface area contributed by atoms with Crippen molar-refractivity contribution in [3.63, 3.8) is 0 Å². The number of hydrogen-bond donors (Lipinski definition) is 3. The van der Waals surface area contributed by atoms with Crippen LogP contribution in [0, 0.1) is 5.92 Å². The molecule has 2 rings (SSSR count). The average Bonchev–Trinajstić information content (AvgIpc) is 3.04. The van der Waals surface area contributed by atoms with E-state index in [1.165, 1.54) is 0 Å². The maximum Gasteiger partial charge on any atom is 0.404 e. The van der Waals surface area contributed by atoms with Crippen LogP contribution in [0.15, 0.2) is 30.5 Å². The Bertz CT molecular complexity index is 710. The molecule has 2 atom stereocenters. The zero-order valence-electron chi connectivity index (χ0n) is 14.7. The lowest BCUT2D eigenvalue weighted by molar-refractivity contribution is -0.143. The first-order chi connectivity index (χ1) is 12.0. The number of carbonyl (C=O) groups is 2. The molecular formula is C19H26N2O4. The summed E-state index contributed by atoms with van der Waals surface area (Å²) in [6.07, 6.45) is 2.79. The Hall–Kier alpha value is -2.50. The number of H-pyrrole nitrogens is 1. The van der Waals surface area contributed by atoms with E-state index >= 15 is 0 Å². The normalized spacial score (nSPS) is 13.4. The van der Waals surface area contributed by atoms with Crippen molar-refractivity contribution in [1.29, 1.82) is 0 Å². The molecule has 1 aromatic carbocycles. The molecule has 0 radical (unpaired) electrons. The number of benzene rings is 1. The van der Waals surface area contributed by atoms with Gasteiger partial charge in [0.1, 0.15) is 0 Å². The van der Waals surface area contributed by atoms with Crippen molar-refractivity contribution in [2.45, 2.75) is 39.0 Å². The molecule has 0 fully saturated rings. The highest BCUT2D eigenvalue weighted by molar-refractivity contribution is 5.80. The zero-order chi connectivity index (χ0) is 18.2. The number of amides is 1. The monoisotopic (exact) mass is 346 g/mol. The third-order valence-corrected chi connectivity index (χ3v) is 4.38. The molecule has 3 N–H and O–H groups in total. The van der Waals surface area contributed by atoms with Gasteiger partial charge in [-0.15, -0.1) is 0 Å². The number of nitrogens with one attached hydrogen (secondary N) is 2. The van der Waals surface area contributed by atoms with Crippen molar-refractivity contribution in [2.75, 3.05) is 13.2 Å². The third-order valence-electron chi connectivity index (χ3n) is 4.38. The molecule has 1 aromatic heterocycles. The average molecular weight is 346 g/mol. The summed E-state index contributed by atoms with van der Waals surface area (Å²) in [6.45, 7) is 4.64. The summed E-state index contributed by atoms with van der Waals surface area (Å²) in [5.74, 6) is 0.169. The van der Waals surface area contributed by atoms with E-state index in [9.17, 15) is 9.59 Å². The molecule has 1 amide bonds. The number of fused-ring (bicyclic) bond motifs is 1. The van der Waals surface area contributed by atoms with E-state index in [-0.39, 0.29) is 17.8 Å². The van der Waals surface area contributed by atoms with Crippen LogP contribution in [0.25, 0.3) is 10.9 Å². The fourth-order valence-electron chi connectivity index (χ4n) is 3.07. The number of rotatable bonds is 9. The van der Waals surface area contributed by atoms with Gasteiger partial charge in [-0.1, -0.05) is 13.0 Å². The highest BCUT2D eigenvalue weighted by Gasteiger charge is 2.18. The summed E-state index contributed by atoms with van der Waals surface area (Å²) in [7, 11) is 0. The summed E-state index contributed by atoms with van der Waals surface area (Å²) >= 11 is 0. The van der Waals surface area contributed by atoms with Gasteiger partial charge in [0.05, 0.1) is 6.61 Å². The Morgan fingerprint density at radius 2 is 2.12 bits per heavy atom. The van der Waals surface area contributed by atoms with Crippen molar-refractivity contribution in [3.8, 4) is 0 Å². The number of hydrogen-bond acceptors (Lipinski definition) is 3. The molecule has 0 aliphatic heterocycles. The standard InChI is InChI=1S/C19H26N2O4/c1-3-25-18(22)7-4-13(2)10-16(12-21-19(23)24)14-5-6-17-15(11-14)8-9-20-17/h5-6,8-9,11,13,16,20-21H,3-4,7,10,12H2,1-2H3,(H,23,24). The first-order valence-electron chi connectivity index (χ1n) is 8.69. The van der Waals surface area contributed by atoms with Crippen LogP contribution in [0.4, 0.5) is 4.79 Å². The van der Waals surface area contributed by atoms with Crippen LogP contribution in [-0.4, -0.2) is 35.3 Å². The van der Waals surface area contributed by atoms with E-state index in [1.807, 2.05) is 24.4 Å². The van der Waals surface area contributed by atoms with E-state index in [0.717, 1.165) is 29.3 Å². The van der Waals surface area contributed by atoms with E-state index in [4.69, 9.17) is 9.84 Å². The van der Waals surface area contributed by atoms with Crippen LogP contribution in [0.5, 0.6) is 0 Å². The molecule has 0 aliphatic carbocycles. The number of ether oxygens (including phenoxy) is 1. The van der Waals surface area contributed by atoms with E-state index < -0.39 is 6.09 Å². The fraction of sp³-hybridized carbons (Fsp3) is 0.474. The molecule has 0 spiro atoms. The molecule has 0 saturated carbocycles. The van der Waals surface area contributed by atoms with Crippen molar-refractivity contribution in [2.24, 2.45) is 5.92 Å². The van der Waals surface area contributed by atoms with E-state index in [0.29, 0.717) is 19.6 Å². The third kappa shape index (κ3) is 5.81. The highest BCUT2D eigenvalue weighted by atomic mass is 16.5. The Balaban J connectivity index is 2.04. The number of carboxylic acid groups (broad SMARTS) is 1. The minimum atomic E-state index is -1.02. The fourth-order valence-corrected chi connectivity index (χ4v) is 3.07. The number of aromatic amines is 1. The number of aromatic nitrogens is 1. The van der Waals surface area contributed by atoms with Gasteiger partial charge in [0.2, 0.25) is 0 Å². The molecular weight excluding hydrogens is 320 g/mol. The second-order valence-electron chi connectivity index (χ2n) is 6.39. The second kappa shape index (κ2) is 9.11. The van der Waals surface area contributed by atoms with Crippen LogP contribution >= 0.6 is 0 Å². The van der Waals surface area contributed by atoms with Crippen molar-refractivity contribution in [3.05, 3.63) is 36.0 Å². The molecule has 1 heterocycles. The SMILES string of the molecule is CCOC(=O)CCC(C)CC(CNC(=O)O)c1ccc2[nH]ccc2c1. The Labute approximate surface area is 147 Å². The van der Waals surface area contributed by atoms with Gasteiger partial charge < -0.3 is 20.1 Å². The van der Waals surface area contributed by atoms with Crippen molar-refractivity contribution < 1.29 is 19.4 Å². The maximum absolute atomic E-state index is 11.5. The number of esters is 1. The van der Waals surface area contributed by atoms with Gasteiger partial charge in [0.25, 0.3) is 0 Å². The van der Waals surface area contributed by atoms with Gasteiger partial charge in [-0.2, -0.15) is 0 Å². The Morgan fingerprint density at radius 3 is 2.84 bits per heavy atom. The highest BCUT2D eigenvalue weighted by Crippen LogP contribution is 2.28. The summed E-state index contributed by atoms with van der Waals surface area (Å²) in [5.41, 5.74) is 2.16. The predicted octanol–water partition coefficient (Wildman–Crippen LogP) is 3.89. The van der Waals surface area contributed by atoms with Gasteiger partial charge in [0, 0.05) is 30.6 Å². The quantitative estimate of drug-likeness (QED) is 0.601. The van der Waals surface area contributed by atoms with Crippen LogP contribution in [-0.2, 0) is 9.53 Å². The maximum atomic E-state index is 11.5. The van der Waals surface area contributed by atoms with Gasteiger partial charge in [-0.05, 0) is 54.8 Å². The first kappa shape index (κ1) is 18.8. The van der Waals surface area contributed by atoms with E-state index in [2.05, 4.69) is 23.3 Å². The van der Waals surface area contributed by atoms with Crippen molar-refractivity contribution >= 4 is 23.0 Å². The topological polar surface area (TPSA) is 91.4 Å². The van der Waals surface area contributed by atoms with Crippen LogP contribution in [0.2, 0.25) is 0 Å². The molecule has 0 aliphatic rings. The first-order valence-corrected chi connectivity index (χ1v) is 8.69. The second-order valence-corrected chi connectivity index (χ2v) is 6.39. The minimum absolute atomic E-state index is 0.0626. The molecule has 136 valence electrons. The smallest absolute Gasteiger partial charge is 0.404 e. The molecule has 2 aromatic rings. The van der Waals surface area contributed by atoms with Crippen LogP contribution in [0.1, 0.15) is 44.6 Å². The molecule has 6 nitrogen and oxygen atoms in total. The molecule has 6 heteroatoms. The zero-order valence-corrected chi connectivity index (χ0v) is 14.7. The molecule has 25 heavy (non-hydrogen) atoms.